The molecule has 2 fully saturated rings. The van der Waals surface area contributed by atoms with Crippen molar-refractivity contribution in [2.24, 2.45) is 5.92 Å². The molecular formula is C32H48F3N7O2. The van der Waals surface area contributed by atoms with Gasteiger partial charge >= 0.3 is 6.18 Å². The number of H-pyrrole nitrogens is 1. The fraction of sp³-hybridized carbons (Fsp3) is 0.594. The van der Waals surface area contributed by atoms with Gasteiger partial charge < -0.3 is 30.0 Å². The van der Waals surface area contributed by atoms with Gasteiger partial charge in [0.25, 0.3) is 0 Å². The molecule has 0 aliphatic heterocycles. The summed E-state index contributed by atoms with van der Waals surface area (Å²) in [6.45, 7) is 6.07. The van der Waals surface area contributed by atoms with Crippen LogP contribution < -0.4 is 5.32 Å². The molecule has 12 heteroatoms. The lowest BCUT2D eigenvalue weighted by Crippen LogP contribution is -2.26. The highest BCUT2D eigenvalue weighted by Crippen LogP contribution is 2.38. The van der Waals surface area contributed by atoms with Gasteiger partial charge in [0.1, 0.15) is 23.6 Å². The van der Waals surface area contributed by atoms with Crippen LogP contribution in [-0.4, -0.2) is 80.0 Å². The number of nitrogens with one attached hydrogen (secondary N) is 2. The average Bonchev–Trinajstić information content (AvgIpc) is 3.38. The number of hydrogen-bond acceptors (Lipinski definition) is 7. The van der Waals surface area contributed by atoms with E-state index in [1.807, 2.05) is 13.8 Å². The zero-order valence-electron chi connectivity index (χ0n) is 26.5. The van der Waals surface area contributed by atoms with Crippen LogP contribution in [0.5, 0.6) is 0 Å². The van der Waals surface area contributed by atoms with Crippen LogP contribution in [0.25, 0.3) is 22.1 Å². The topological polar surface area (TPSA) is 115 Å². The number of aromatic nitrogens is 5. The van der Waals surface area contributed by atoms with E-state index < -0.39 is 11.7 Å². The molecule has 0 unspecified atom stereocenters. The Morgan fingerprint density at radius 1 is 1.02 bits per heavy atom. The van der Waals surface area contributed by atoms with E-state index in [0.717, 1.165) is 87.8 Å². The van der Waals surface area contributed by atoms with Gasteiger partial charge in [-0.3, -0.25) is 0 Å². The number of halogens is 3. The summed E-state index contributed by atoms with van der Waals surface area (Å²) in [5.41, 5.74) is 1.41. The Morgan fingerprint density at radius 3 is 2.48 bits per heavy atom. The molecule has 244 valence electrons. The summed E-state index contributed by atoms with van der Waals surface area (Å²) in [4.78, 5) is 19.0. The molecule has 0 spiro atoms. The first kappa shape index (κ1) is 35.3. The predicted octanol–water partition coefficient (Wildman–Crippen LogP) is 6.44. The van der Waals surface area contributed by atoms with E-state index in [1.54, 1.807) is 6.33 Å². The number of unbranched alkanes of at least 4 members (excludes halogenated alkanes) is 1. The normalized spacial score (nSPS) is 17.9. The van der Waals surface area contributed by atoms with Crippen LogP contribution >= 0.6 is 0 Å². The third-order valence-corrected chi connectivity index (χ3v) is 7.97. The highest BCUT2D eigenvalue weighted by Gasteiger charge is 2.31. The van der Waals surface area contributed by atoms with Crippen LogP contribution in [0, 0.1) is 5.92 Å². The highest BCUT2D eigenvalue weighted by atomic mass is 19.4. The van der Waals surface area contributed by atoms with E-state index in [2.05, 4.69) is 54.0 Å². The average molecular weight is 620 g/mol. The Morgan fingerprint density at radius 2 is 1.77 bits per heavy atom. The van der Waals surface area contributed by atoms with Gasteiger partial charge in [0.15, 0.2) is 0 Å². The molecule has 4 N–H and O–H groups in total. The van der Waals surface area contributed by atoms with E-state index in [0.29, 0.717) is 29.0 Å². The van der Waals surface area contributed by atoms with Crippen LogP contribution in [0.15, 0.2) is 36.8 Å². The van der Waals surface area contributed by atoms with Crippen molar-refractivity contribution in [2.75, 3.05) is 39.7 Å². The molecule has 3 aromatic heterocycles. The summed E-state index contributed by atoms with van der Waals surface area (Å²) in [6, 6.07) is 6.85. The van der Waals surface area contributed by atoms with Gasteiger partial charge in [0.05, 0.1) is 22.0 Å². The second kappa shape index (κ2) is 16.7. The minimum absolute atomic E-state index is 0.445. The maximum absolute atomic E-state index is 13.0. The summed E-state index contributed by atoms with van der Waals surface area (Å²) < 4.78 is 41.2. The number of aliphatic hydroxyl groups excluding tert-OH is 2. The first-order chi connectivity index (χ1) is 21.3. The zero-order valence-corrected chi connectivity index (χ0v) is 26.5. The number of nitrogens with zero attached hydrogens (tertiary/aromatic N) is 5. The van der Waals surface area contributed by atoms with Crippen molar-refractivity contribution in [3.05, 3.63) is 48.2 Å². The number of aryl methyl sites for hydroxylation is 1. The van der Waals surface area contributed by atoms with Crippen LogP contribution in [0.3, 0.4) is 0 Å². The van der Waals surface area contributed by atoms with Crippen molar-refractivity contribution in [1.82, 2.24) is 29.4 Å². The largest absolute Gasteiger partial charge is 0.416 e. The maximum atomic E-state index is 13.0. The Hall–Kier alpha value is -3.22. The Kier molecular flexibility index (Phi) is 13.4. The van der Waals surface area contributed by atoms with E-state index in [9.17, 15) is 13.2 Å². The van der Waals surface area contributed by atoms with Crippen LogP contribution in [0.4, 0.5) is 19.0 Å². The Balaban J connectivity index is 0.000000832. The molecule has 0 amide bonds. The van der Waals surface area contributed by atoms with Crippen LogP contribution in [-0.2, 0) is 12.6 Å². The minimum Gasteiger partial charge on any atom is -0.400 e. The summed E-state index contributed by atoms with van der Waals surface area (Å²) >= 11 is 0. The van der Waals surface area contributed by atoms with E-state index in [-0.39, 0.29) is 0 Å². The van der Waals surface area contributed by atoms with Crippen molar-refractivity contribution < 1.29 is 23.4 Å². The second-order valence-corrected chi connectivity index (χ2v) is 11.1. The van der Waals surface area contributed by atoms with E-state index in [4.69, 9.17) is 10.2 Å². The first-order valence-corrected chi connectivity index (χ1v) is 15.6. The lowest BCUT2D eigenvalue weighted by atomic mass is 10.1. The lowest BCUT2D eigenvalue weighted by Gasteiger charge is -2.21. The SMILES string of the molecule is CC.CN(CCCCc1nc2ccc(C(F)(F)F)cc2[nH]1)C[C@@H]1CC[C@H](n2ccc3c(NC4CC4)ncnc32)C1.CO.CO. The molecule has 9 nitrogen and oxygen atoms in total. The van der Waals surface area contributed by atoms with Crippen molar-refractivity contribution in [3.63, 3.8) is 0 Å². The fourth-order valence-electron chi connectivity index (χ4n) is 5.83. The molecule has 0 bridgehead atoms. The number of alkyl halides is 3. The van der Waals surface area contributed by atoms with Crippen molar-refractivity contribution in [1.29, 1.82) is 0 Å². The molecule has 2 aliphatic carbocycles. The summed E-state index contributed by atoms with van der Waals surface area (Å²) in [6.07, 6.45) is 8.17. The minimum atomic E-state index is -4.34. The molecule has 3 heterocycles. The highest BCUT2D eigenvalue weighted by molar-refractivity contribution is 5.87. The molecule has 6 rings (SSSR count). The molecule has 0 saturated heterocycles. The van der Waals surface area contributed by atoms with Crippen molar-refractivity contribution in [3.8, 4) is 0 Å². The lowest BCUT2D eigenvalue weighted by molar-refractivity contribution is -0.137. The van der Waals surface area contributed by atoms with Gasteiger partial charge in [0, 0.05) is 45.5 Å². The van der Waals surface area contributed by atoms with Gasteiger partial charge in [-0.2, -0.15) is 13.2 Å². The van der Waals surface area contributed by atoms with Gasteiger partial charge in [-0.15, -0.1) is 0 Å². The third-order valence-electron chi connectivity index (χ3n) is 7.97. The van der Waals surface area contributed by atoms with Crippen molar-refractivity contribution in [2.45, 2.75) is 83.5 Å². The smallest absolute Gasteiger partial charge is 0.400 e. The number of aliphatic hydroxyl groups is 2. The molecule has 2 atom stereocenters. The number of aromatic amines is 1. The van der Waals surface area contributed by atoms with E-state index in [1.165, 1.54) is 31.7 Å². The molecule has 2 aliphatic rings. The third kappa shape index (κ3) is 9.15. The zero-order chi connectivity index (χ0) is 32.3. The maximum Gasteiger partial charge on any atom is 0.416 e. The predicted molar refractivity (Wildman–Crippen MR) is 170 cm³/mol. The standard InChI is InChI=1S/C28H34F3N7.C2H6.2CH4O/c1-37(12-3-2-4-25-35-23-10-6-19(28(29,30)31)15-24(23)36-25)16-18-5-9-21(14-18)38-13-11-22-26(34-20-7-8-20)32-17-33-27(22)38;3*1-2/h6,10-11,13,15,17-18,20-21H,2-5,7-9,12,14,16H2,1H3,(H,35,36)(H,32,33,34);1-2H3;2*2H,1H3/t18-,21+;;;/m1.../s1. The summed E-state index contributed by atoms with van der Waals surface area (Å²) in [5, 5.41) is 18.6. The van der Waals surface area contributed by atoms with E-state index >= 15 is 0 Å². The first-order valence-electron chi connectivity index (χ1n) is 15.6. The molecule has 1 aromatic carbocycles. The second-order valence-electron chi connectivity index (χ2n) is 11.1. The van der Waals surface area contributed by atoms with Gasteiger partial charge in [-0.25, -0.2) is 15.0 Å². The van der Waals surface area contributed by atoms with Gasteiger partial charge in [0.2, 0.25) is 0 Å². The van der Waals surface area contributed by atoms with Gasteiger partial charge in [-0.05, 0) is 88.7 Å². The number of imidazole rings is 1. The van der Waals surface area contributed by atoms with Crippen LogP contribution in [0.2, 0.25) is 0 Å². The monoisotopic (exact) mass is 619 g/mol. The fourth-order valence-corrected chi connectivity index (χ4v) is 5.83. The Bertz CT molecular complexity index is 1420. The molecular weight excluding hydrogens is 571 g/mol. The number of benzene rings is 1. The number of rotatable bonds is 10. The number of fused-ring (bicyclic) bond motifs is 2. The van der Waals surface area contributed by atoms with Crippen LogP contribution in [0.1, 0.15) is 76.2 Å². The summed E-state index contributed by atoms with van der Waals surface area (Å²) in [5.74, 6) is 2.37. The number of anilines is 1. The number of hydrogen-bond donors (Lipinski definition) is 4. The Labute approximate surface area is 257 Å². The van der Waals surface area contributed by atoms with Crippen molar-refractivity contribution >= 4 is 27.9 Å². The van der Waals surface area contributed by atoms with Gasteiger partial charge in [-0.1, -0.05) is 13.8 Å². The molecule has 0 radical (unpaired) electrons. The molecule has 44 heavy (non-hydrogen) atoms. The molecule has 2 saturated carbocycles. The summed E-state index contributed by atoms with van der Waals surface area (Å²) in [7, 11) is 4.18. The quantitative estimate of drug-likeness (QED) is 0.151. The molecule has 4 aromatic rings.